The van der Waals surface area contributed by atoms with Crippen LogP contribution in [0.2, 0.25) is 0 Å². The molecule has 4 heteroatoms. The smallest absolute Gasteiger partial charge is 0.0593 e. The van der Waals surface area contributed by atoms with Crippen molar-refractivity contribution in [2.45, 2.75) is 40.5 Å². The van der Waals surface area contributed by atoms with Crippen molar-refractivity contribution in [3.63, 3.8) is 0 Å². The second-order valence-corrected chi connectivity index (χ2v) is 6.75. The molecule has 1 heterocycles. The Balaban J connectivity index is 2.49. The van der Waals surface area contributed by atoms with Crippen molar-refractivity contribution >= 4 is 0 Å². The van der Waals surface area contributed by atoms with E-state index >= 15 is 0 Å². The van der Waals surface area contributed by atoms with E-state index in [1.165, 1.54) is 12.8 Å². The molecule has 1 saturated heterocycles. The molecule has 0 amide bonds. The maximum atomic E-state index is 5.82. The maximum Gasteiger partial charge on any atom is 0.0593 e. The largest absolute Gasteiger partial charge is 0.381 e. The van der Waals surface area contributed by atoms with Gasteiger partial charge in [-0.25, -0.2) is 0 Å². The molecule has 4 nitrogen and oxygen atoms in total. The molecule has 0 saturated carbocycles. The Morgan fingerprint density at radius 3 is 2.71 bits per heavy atom. The van der Waals surface area contributed by atoms with Crippen LogP contribution >= 0.6 is 0 Å². The van der Waals surface area contributed by atoms with E-state index in [1.807, 2.05) is 0 Å². The van der Waals surface area contributed by atoms with Gasteiger partial charge in [0.15, 0.2) is 0 Å². The van der Waals surface area contributed by atoms with Gasteiger partial charge in [-0.3, -0.25) is 0 Å². The molecule has 1 rings (SSSR count). The van der Waals surface area contributed by atoms with Gasteiger partial charge in [-0.05, 0) is 38.8 Å². The van der Waals surface area contributed by atoms with Gasteiger partial charge in [0.2, 0.25) is 0 Å². The van der Waals surface area contributed by atoms with Crippen LogP contribution in [0.15, 0.2) is 0 Å². The first kappa shape index (κ1) is 18.9. The molecule has 1 aliphatic rings. The highest BCUT2D eigenvalue weighted by Gasteiger charge is 2.34. The molecule has 0 radical (unpaired) electrons. The highest BCUT2D eigenvalue weighted by molar-refractivity contribution is 4.87. The number of nitrogens with zero attached hydrogens (tertiary/aromatic N) is 1. The Bertz CT molecular complexity index is 253. The number of ether oxygens (including phenoxy) is 2. The minimum atomic E-state index is 0.273. The normalized spacial score (nSPS) is 23.1. The first-order valence-corrected chi connectivity index (χ1v) is 8.70. The fourth-order valence-electron chi connectivity index (χ4n) is 3.02. The second kappa shape index (κ2) is 10.5. The fourth-order valence-corrected chi connectivity index (χ4v) is 3.02. The van der Waals surface area contributed by atoms with Crippen molar-refractivity contribution in [1.82, 2.24) is 10.2 Å². The van der Waals surface area contributed by atoms with Crippen molar-refractivity contribution in [1.29, 1.82) is 0 Å². The number of likely N-dealkylation sites (N-methyl/N-ethyl adjacent to an activating group) is 1. The van der Waals surface area contributed by atoms with Crippen LogP contribution in [-0.2, 0) is 9.47 Å². The molecule has 126 valence electrons. The molecule has 21 heavy (non-hydrogen) atoms. The summed E-state index contributed by atoms with van der Waals surface area (Å²) in [5, 5.41) is 3.65. The standard InChI is InChI=1S/C17H36N2O2/c1-5-19(9-11-20-6-2)14-17(8-7-10-21-15-17)13-18-12-16(3)4/h16,18H,5-15H2,1-4H3. The summed E-state index contributed by atoms with van der Waals surface area (Å²) in [6, 6.07) is 0. The second-order valence-electron chi connectivity index (χ2n) is 6.75. The van der Waals surface area contributed by atoms with Gasteiger partial charge < -0.3 is 19.7 Å². The predicted molar refractivity (Wildman–Crippen MR) is 88.8 cm³/mol. The molecule has 1 unspecified atom stereocenters. The number of hydrogen-bond acceptors (Lipinski definition) is 4. The van der Waals surface area contributed by atoms with Crippen molar-refractivity contribution < 1.29 is 9.47 Å². The number of hydrogen-bond donors (Lipinski definition) is 1. The van der Waals surface area contributed by atoms with Gasteiger partial charge in [-0.15, -0.1) is 0 Å². The minimum absolute atomic E-state index is 0.273. The predicted octanol–water partition coefficient (Wildman–Crippen LogP) is 2.39. The Hall–Kier alpha value is -0.160. The zero-order chi connectivity index (χ0) is 15.6. The van der Waals surface area contributed by atoms with Crippen molar-refractivity contribution in [2.75, 3.05) is 59.2 Å². The number of rotatable bonds is 11. The third kappa shape index (κ3) is 7.59. The molecular weight excluding hydrogens is 264 g/mol. The highest BCUT2D eigenvalue weighted by Crippen LogP contribution is 2.29. The van der Waals surface area contributed by atoms with E-state index in [0.717, 1.165) is 59.2 Å². The molecule has 1 atom stereocenters. The summed E-state index contributed by atoms with van der Waals surface area (Å²) < 4.78 is 11.3. The SMILES string of the molecule is CCOCCN(CC)CC1(CNCC(C)C)CCCOC1. The van der Waals surface area contributed by atoms with E-state index in [4.69, 9.17) is 9.47 Å². The Kier molecular flexibility index (Phi) is 9.49. The molecule has 1 fully saturated rings. The zero-order valence-corrected chi connectivity index (χ0v) is 14.6. The van der Waals surface area contributed by atoms with Crippen LogP contribution in [0, 0.1) is 11.3 Å². The first-order valence-electron chi connectivity index (χ1n) is 8.70. The van der Waals surface area contributed by atoms with Crippen LogP contribution in [0.25, 0.3) is 0 Å². The van der Waals surface area contributed by atoms with E-state index < -0.39 is 0 Å². The van der Waals surface area contributed by atoms with Gasteiger partial charge in [-0.2, -0.15) is 0 Å². The topological polar surface area (TPSA) is 33.7 Å². The summed E-state index contributed by atoms with van der Waals surface area (Å²) in [6.07, 6.45) is 2.45. The molecular formula is C17H36N2O2. The van der Waals surface area contributed by atoms with E-state index in [0.29, 0.717) is 5.92 Å². The third-order valence-electron chi connectivity index (χ3n) is 4.22. The van der Waals surface area contributed by atoms with E-state index in [2.05, 4.69) is 37.9 Å². The molecule has 0 aromatic rings. The Labute approximate surface area is 131 Å². The van der Waals surface area contributed by atoms with Crippen LogP contribution in [0.4, 0.5) is 0 Å². The van der Waals surface area contributed by atoms with Crippen LogP contribution < -0.4 is 5.32 Å². The van der Waals surface area contributed by atoms with Gasteiger partial charge in [0.1, 0.15) is 0 Å². The lowest BCUT2D eigenvalue weighted by Gasteiger charge is -2.41. The maximum absolute atomic E-state index is 5.82. The van der Waals surface area contributed by atoms with E-state index in [1.54, 1.807) is 0 Å². The molecule has 0 aliphatic carbocycles. The Morgan fingerprint density at radius 1 is 1.33 bits per heavy atom. The summed E-state index contributed by atoms with van der Waals surface area (Å²) in [6.45, 7) is 17.7. The van der Waals surface area contributed by atoms with Gasteiger partial charge >= 0.3 is 0 Å². The van der Waals surface area contributed by atoms with Gasteiger partial charge in [-0.1, -0.05) is 20.8 Å². The fraction of sp³-hybridized carbons (Fsp3) is 1.00. The van der Waals surface area contributed by atoms with Crippen molar-refractivity contribution in [2.24, 2.45) is 11.3 Å². The van der Waals surface area contributed by atoms with Crippen molar-refractivity contribution in [3.8, 4) is 0 Å². The summed E-state index contributed by atoms with van der Waals surface area (Å²) in [4.78, 5) is 2.52. The van der Waals surface area contributed by atoms with Crippen LogP contribution in [0.3, 0.4) is 0 Å². The van der Waals surface area contributed by atoms with E-state index in [-0.39, 0.29) is 5.41 Å². The average Bonchev–Trinajstić information content (AvgIpc) is 2.47. The van der Waals surface area contributed by atoms with Crippen LogP contribution in [0.1, 0.15) is 40.5 Å². The quantitative estimate of drug-likeness (QED) is 0.594. The van der Waals surface area contributed by atoms with Gasteiger partial charge in [0.25, 0.3) is 0 Å². The Morgan fingerprint density at radius 2 is 2.14 bits per heavy atom. The first-order chi connectivity index (χ1) is 10.1. The molecule has 0 spiro atoms. The third-order valence-corrected chi connectivity index (χ3v) is 4.22. The minimum Gasteiger partial charge on any atom is -0.381 e. The lowest BCUT2D eigenvalue weighted by molar-refractivity contribution is -0.0290. The monoisotopic (exact) mass is 300 g/mol. The number of nitrogens with one attached hydrogen (secondary N) is 1. The zero-order valence-electron chi connectivity index (χ0n) is 14.6. The summed E-state index contributed by atoms with van der Waals surface area (Å²) in [7, 11) is 0. The van der Waals surface area contributed by atoms with Crippen LogP contribution in [0.5, 0.6) is 0 Å². The lowest BCUT2D eigenvalue weighted by atomic mass is 9.81. The summed E-state index contributed by atoms with van der Waals surface area (Å²) >= 11 is 0. The molecule has 0 bridgehead atoms. The highest BCUT2D eigenvalue weighted by atomic mass is 16.5. The summed E-state index contributed by atoms with van der Waals surface area (Å²) in [5.74, 6) is 0.701. The lowest BCUT2D eigenvalue weighted by Crippen LogP contribution is -2.50. The van der Waals surface area contributed by atoms with Crippen molar-refractivity contribution in [3.05, 3.63) is 0 Å². The molecule has 1 N–H and O–H groups in total. The molecule has 1 aliphatic heterocycles. The molecule has 0 aromatic carbocycles. The van der Waals surface area contributed by atoms with E-state index in [9.17, 15) is 0 Å². The van der Waals surface area contributed by atoms with Crippen LogP contribution in [-0.4, -0.2) is 64.1 Å². The van der Waals surface area contributed by atoms with Gasteiger partial charge in [0.05, 0.1) is 13.2 Å². The molecule has 0 aromatic heterocycles. The average molecular weight is 300 g/mol. The summed E-state index contributed by atoms with van der Waals surface area (Å²) in [5.41, 5.74) is 0.273. The van der Waals surface area contributed by atoms with Gasteiger partial charge in [0, 0.05) is 38.3 Å².